The Hall–Kier alpha value is -1.15. The van der Waals surface area contributed by atoms with Crippen LogP contribution >= 0.6 is 0 Å². The topological polar surface area (TPSA) is 73.5 Å². The van der Waals surface area contributed by atoms with Crippen molar-refractivity contribution in [2.45, 2.75) is 56.9 Å². The maximum Gasteiger partial charge on any atom is 0.238 e. The van der Waals surface area contributed by atoms with Crippen LogP contribution in [-0.2, 0) is 16.4 Å². The van der Waals surface area contributed by atoms with Gasteiger partial charge in [-0.3, -0.25) is 15.6 Å². The van der Waals surface area contributed by atoms with Crippen LogP contribution in [0.2, 0.25) is 0 Å². The zero-order valence-electron chi connectivity index (χ0n) is 15.2. The molecular formula is C18H30N4O2S. The highest BCUT2D eigenvalue weighted by molar-refractivity contribution is 7.93. The molecular weight excluding hydrogens is 336 g/mol. The highest BCUT2D eigenvalue weighted by Gasteiger charge is 2.40. The van der Waals surface area contributed by atoms with Gasteiger partial charge in [-0.25, -0.2) is 8.42 Å². The highest BCUT2D eigenvalue weighted by atomic mass is 32.2. The number of hydrogen-bond donors (Lipinski definition) is 3. The minimum absolute atomic E-state index is 0.127. The van der Waals surface area contributed by atoms with Gasteiger partial charge in [-0.1, -0.05) is 12.1 Å². The van der Waals surface area contributed by atoms with Gasteiger partial charge in [0.2, 0.25) is 10.0 Å². The summed E-state index contributed by atoms with van der Waals surface area (Å²) in [6, 6.07) is 7.54. The number of hydrazine groups is 1. The van der Waals surface area contributed by atoms with Crippen molar-refractivity contribution in [2.24, 2.45) is 0 Å². The quantitative estimate of drug-likeness (QED) is 0.685. The van der Waals surface area contributed by atoms with Crippen molar-refractivity contribution in [3.63, 3.8) is 0 Å². The summed E-state index contributed by atoms with van der Waals surface area (Å²) in [7, 11) is -3.43. The third kappa shape index (κ3) is 4.73. The fourth-order valence-corrected chi connectivity index (χ4v) is 5.69. The average molecular weight is 367 g/mol. The normalized spacial score (nSPS) is 27.7. The van der Waals surface area contributed by atoms with Gasteiger partial charge in [0.25, 0.3) is 0 Å². The van der Waals surface area contributed by atoms with E-state index < -0.39 is 15.3 Å². The highest BCUT2D eigenvalue weighted by Crippen LogP contribution is 2.20. The average Bonchev–Trinajstić information content (AvgIpc) is 3.19. The molecule has 2 saturated heterocycles. The second-order valence-electron chi connectivity index (χ2n) is 7.33. The van der Waals surface area contributed by atoms with E-state index in [1.165, 1.54) is 31.5 Å². The van der Waals surface area contributed by atoms with E-state index in [1.807, 2.05) is 38.1 Å². The zero-order valence-corrected chi connectivity index (χ0v) is 16.0. The molecule has 2 heterocycles. The van der Waals surface area contributed by atoms with Gasteiger partial charge in [0.1, 0.15) is 5.25 Å². The van der Waals surface area contributed by atoms with Gasteiger partial charge >= 0.3 is 0 Å². The third-order valence-corrected chi connectivity index (χ3v) is 7.29. The van der Waals surface area contributed by atoms with Crippen molar-refractivity contribution in [3.8, 4) is 0 Å². The summed E-state index contributed by atoms with van der Waals surface area (Å²) >= 11 is 0. The smallest absolute Gasteiger partial charge is 0.238 e. The predicted molar refractivity (Wildman–Crippen MR) is 102 cm³/mol. The molecule has 1 aromatic rings. The monoisotopic (exact) mass is 366 g/mol. The van der Waals surface area contributed by atoms with Crippen LogP contribution in [0.1, 0.15) is 38.7 Å². The molecule has 2 aliphatic rings. The molecule has 3 rings (SSSR count). The second-order valence-corrected chi connectivity index (χ2v) is 9.17. The second kappa shape index (κ2) is 8.03. The third-order valence-electron chi connectivity index (χ3n) is 5.24. The SMILES string of the molecule is CC1NNC(C)C1S(=O)(=O)Nc1ccc(CCCN2CCCC2)cc1. The molecule has 2 aliphatic heterocycles. The van der Waals surface area contributed by atoms with Crippen LogP contribution < -0.4 is 15.6 Å². The molecule has 0 bridgehead atoms. The lowest BCUT2D eigenvalue weighted by Crippen LogP contribution is -2.41. The van der Waals surface area contributed by atoms with Crippen LogP contribution in [-0.4, -0.2) is 50.3 Å². The first-order valence-electron chi connectivity index (χ1n) is 9.30. The molecule has 2 fully saturated rings. The predicted octanol–water partition coefficient (Wildman–Crippen LogP) is 1.71. The first-order valence-corrected chi connectivity index (χ1v) is 10.8. The van der Waals surface area contributed by atoms with Crippen molar-refractivity contribution < 1.29 is 8.42 Å². The van der Waals surface area contributed by atoms with Crippen LogP contribution in [0.15, 0.2) is 24.3 Å². The number of likely N-dealkylation sites (tertiary alicyclic amines) is 1. The number of aryl methyl sites for hydroxylation is 1. The van der Waals surface area contributed by atoms with E-state index in [0.717, 1.165) is 19.4 Å². The van der Waals surface area contributed by atoms with E-state index in [-0.39, 0.29) is 12.1 Å². The summed E-state index contributed by atoms with van der Waals surface area (Å²) in [5.41, 5.74) is 7.88. The summed E-state index contributed by atoms with van der Waals surface area (Å²) < 4.78 is 28.0. The lowest BCUT2D eigenvalue weighted by molar-refractivity contribution is 0.334. The molecule has 6 nitrogen and oxygen atoms in total. The Morgan fingerprint density at radius 2 is 1.68 bits per heavy atom. The molecule has 0 spiro atoms. The van der Waals surface area contributed by atoms with E-state index >= 15 is 0 Å². The molecule has 140 valence electrons. The maximum atomic E-state index is 12.6. The van der Waals surface area contributed by atoms with Crippen LogP contribution in [0.3, 0.4) is 0 Å². The number of rotatable bonds is 7. The maximum absolute atomic E-state index is 12.6. The van der Waals surface area contributed by atoms with Crippen LogP contribution in [0.25, 0.3) is 0 Å². The minimum Gasteiger partial charge on any atom is -0.303 e. The first kappa shape index (κ1) is 18.6. The molecule has 3 N–H and O–H groups in total. The van der Waals surface area contributed by atoms with Gasteiger partial charge in [0.05, 0.1) is 0 Å². The van der Waals surface area contributed by atoms with Gasteiger partial charge in [0, 0.05) is 17.8 Å². The Labute approximate surface area is 151 Å². The summed E-state index contributed by atoms with van der Waals surface area (Å²) in [5, 5.41) is -0.493. The number of hydrogen-bond acceptors (Lipinski definition) is 5. The molecule has 0 amide bonds. The Bertz CT molecular complexity index is 646. The molecule has 0 aliphatic carbocycles. The lowest BCUT2D eigenvalue weighted by atomic mass is 10.1. The van der Waals surface area contributed by atoms with Gasteiger partial charge in [0.15, 0.2) is 0 Å². The molecule has 25 heavy (non-hydrogen) atoms. The molecule has 0 aromatic heterocycles. The van der Waals surface area contributed by atoms with Crippen LogP contribution in [0.5, 0.6) is 0 Å². The van der Waals surface area contributed by atoms with E-state index in [1.54, 1.807) is 0 Å². The summed E-state index contributed by atoms with van der Waals surface area (Å²) in [4.78, 5) is 2.52. The van der Waals surface area contributed by atoms with Crippen molar-refractivity contribution in [1.29, 1.82) is 0 Å². The van der Waals surface area contributed by atoms with Gasteiger partial charge in [-0.05, 0) is 76.9 Å². The molecule has 7 heteroatoms. The Morgan fingerprint density at radius 3 is 2.28 bits per heavy atom. The zero-order chi connectivity index (χ0) is 17.9. The Balaban J connectivity index is 1.53. The summed E-state index contributed by atoms with van der Waals surface area (Å²) in [5.74, 6) is 0. The first-order chi connectivity index (χ1) is 12.0. The number of nitrogens with one attached hydrogen (secondary N) is 3. The Morgan fingerprint density at radius 1 is 1.08 bits per heavy atom. The van der Waals surface area contributed by atoms with Crippen molar-refractivity contribution in [2.75, 3.05) is 24.4 Å². The minimum atomic E-state index is -3.43. The summed E-state index contributed by atoms with van der Waals surface area (Å²) in [6.07, 6.45) is 4.85. The van der Waals surface area contributed by atoms with Crippen molar-refractivity contribution >= 4 is 15.7 Å². The van der Waals surface area contributed by atoms with Crippen molar-refractivity contribution in [3.05, 3.63) is 29.8 Å². The number of nitrogens with zero attached hydrogens (tertiary/aromatic N) is 1. The van der Waals surface area contributed by atoms with E-state index in [9.17, 15) is 8.42 Å². The van der Waals surface area contributed by atoms with E-state index in [0.29, 0.717) is 5.69 Å². The van der Waals surface area contributed by atoms with Gasteiger partial charge in [-0.15, -0.1) is 0 Å². The molecule has 2 unspecified atom stereocenters. The lowest BCUT2D eigenvalue weighted by Gasteiger charge is -2.19. The van der Waals surface area contributed by atoms with Gasteiger partial charge in [-0.2, -0.15) is 0 Å². The van der Waals surface area contributed by atoms with E-state index in [4.69, 9.17) is 0 Å². The largest absolute Gasteiger partial charge is 0.303 e. The van der Waals surface area contributed by atoms with Crippen LogP contribution in [0, 0.1) is 0 Å². The number of benzene rings is 1. The molecule has 0 radical (unpaired) electrons. The Kier molecular flexibility index (Phi) is 5.99. The number of anilines is 1. The van der Waals surface area contributed by atoms with Crippen LogP contribution in [0.4, 0.5) is 5.69 Å². The fourth-order valence-electron chi connectivity index (χ4n) is 3.88. The summed E-state index contributed by atoms with van der Waals surface area (Å²) in [6.45, 7) is 7.39. The fraction of sp³-hybridized carbons (Fsp3) is 0.667. The standard InChI is InChI=1S/C18H30N4O2S/c1-14-18(15(2)20-19-14)25(23,24)21-17-9-7-16(8-10-17)6-5-13-22-11-3-4-12-22/h7-10,14-15,18-21H,3-6,11-13H2,1-2H3. The van der Waals surface area contributed by atoms with Crippen molar-refractivity contribution in [1.82, 2.24) is 15.8 Å². The van der Waals surface area contributed by atoms with E-state index in [2.05, 4.69) is 20.5 Å². The molecule has 2 atom stereocenters. The number of sulfonamides is 1. The molecule has 0 saturated carbocycles. The molecule has 1 aromatic carbocycles. The van der Waals surface area contributed by atoms with Gasteiger partial charge < -0.3 is 4.90 Å².